The first-order valence-electron chi connectivity index (χ1n) is 8.47. The summed E-state index contributed by atoms with van der Waals surface area (Å²) >= 11 is 6.11. The van der Waals surface area contributed by atoms with Gasteiger partial charge in [-0.1, -0.05) is 22.9 Å². The molecule has 3 aromatic rings. The molecular weight excluding hydrogens is 404 g/mol. The molecule has 29 heavy (non-hydrogen) atoms. The van der Waals surface area contributed by atoms with Crippen molar-refractivity contribution in [2.75, 3.05) is 10.6 Å². The minimum Gasteiger partial charge on any atom is -0.322 e. The van der Waals surface area contributed by atoms with Crippen molar-refractivity contribution in [2.24, 2.45) is 0 Å². The van der Waals surface area contributed by atoms with Gasteiger partial charge in [0.25, 0.3) is 5.91 Å². The zero-order valence-corrected chi connectivity index (χ0v) is 16.2. The molecule has 0 aliphatic rings. The highest BCUT2D eigenvalue weighted by Crippen LogP contribution is 2.23. The molecule has 0 atom stereocenters. The van der Waals surface area contributed by atoms with Crippen LogP contribution in [0.15, 0.2) is 36.4 Å². The number of hydrogen-bond donors (Lipinski definition) is 2. The van der Waals surface area contributed by atoms with Gasteiger partial charge in [-0.3, -0.25) is 9.59 Å². The van der Waals surface area contributed by atoms with E-state index < -0.39 is 23.4 Å². The fourth-order valence-electron chi connectivity index (χ4n) is 2.54. The number of nitrogens with zero attached hydrogens (tertiary/aromatic N) is 3. The Morgan fingerprint density at radius 3 is 2.55 bits per heavy atom. The number of carbonyl (C=O) groups excluding carboxylic acids is 2. The van der Waals surface area contributed by atoms with Gasteiger partial charge in [0.15, 0.2) is 5.69 Å². The standard InChI is InChI=1S/C19H16ClF2N5O2/c1-10-3-6-15(13(20)7-10)24-19(29)18-11(2)27(26-25-18)9-17(28)23-16-8-12(21)4-5-14(16)22/h3-8H,9H2,1-2H3,(H,23,28)(H,24,29). The Balaban J connectivity index is 1.70. The van der Waals surface area contributed by atoms with Crippen molar-refractivity contribution >= 4 is 34.8 Å². The lowest BCUT2D eigenvalue weighted by molar-refractivity contribution is -0.117. The van der Waals surface area contributed by atoms with Crippen LogP contribution >= 0.6 is 11.6 Å². The van der Waals surface area contributed by atoms with Crippen LogP contribution in [0.2, 0.25) is 5.02 Å². The summed E-state index contributed by atoms with van der Waals surface area (Å²) in [5.74, 6) is -2.66. The Hall–Kier alpha value is -3.33. The third-order valence-electron chi connectivity index (χ3n) is 4.07. The lowest BCUT2D eigenvalue weighted by atomic mass is 10.2. The second-order valence-corrected chi connectivity index (χ2v) is 6.70. The molecule has 0 aliphatic carbocycles. The van der Waals surface area contributed by atoms with Gasteiger partial charge in [0.2, 0.25) is 5.91 Å². The minimum absolute atomic E-state index is 0.00591. The van der Waals surface area contributed by atoms with Crippen LogP contribution in [0.25, 0.3) is 0 Å². The van der Waals surface area contributed by atoms with E-state index in [1.807, 2.05) is 6.92 Å². The van der Waals surface area contributed by atoms with Crippen molar-refractivity contribution in [3.8, 4) is 0 Å². The molecule has 0 bridgehead atoms. The summed E-state index contributed by atoms with van der Waals surface area (Å²) in [6.07, 6.45) is 0. The van der Waals surface area contributed by atoms with Gasteiger partial charge in [-0.25, -0.2) is 13.5 Å². The average molecular weight is 420 g/mol. The number of halogens is 3. The molecule has 1 aromatic heterocycles. The third kappa shape index (κ3) is 4.75. The SMILES string of the molecule is Cc1ccc(NC(=O)c2nnn(CC(=O)Nc3cc(F)ccc3F)c2C)c(Cl)c1. The quantitative estimate of drug-likeness (QED) is 0.659. The van der Waals surface area contributed by atoms with Gasteiger partial charge in [-0.15, -0.1) is 5.10 Å². The Morgan fingerprint density at radius 1 is 1.07 bits per heavy atom. The molecule has 10 heteroatoms. The van der Waals surface area contributed by atoms with E-state index in [-0.39, 0.29) is 17.9 Å². The summed E-state index contributed by atoms with van der Waals surface area (Å²) in [6, 6.07) is 7.88. The molecule has 1 heterocycles. The fourth-order valence-corrected chi connectivity index (χ4v) is 2.82. The van der Waals surface area contributed by atoms with E-state index in [1.54, 1.807) is 25.1 Å². The van der Waals surface area contributed by atoms with Gasteiger partial charge in [0.1, 0.15) is 18.2 Å². The zero-order valence-electron chi connectivity index (χ0n) is 15.5. The summed E-state index contributed by atoms with van der Waals surface area (Å²) in [5, 5.41) is 12.8. The number of amides is 2. The summed E-state index contributed by atoms with van der Waals surface area (Å²) in [6.45, 7) is 3.09. The van der Waals surface area contributed by atoms with Crippen molar-refractivity contribution in [1.29, 1.82) is 0 Å². The minimum atomic E-state index is -0.773. The van der Waals surface area contributed by atoms with Gasteiger partial charge >= 0.3 is 0 Å². The number of hydrogen-bond acceptors (Lipinski definition) is 4. The number of aromatic nitrogens is 3. The molecule has 2 N–H and O–H groups in total. The van der Waals surface area contributed by atoms with Crippen molar-refractivity contribution in [3.63, 3.8) is 0 Å². The smallest absolute Gasteiger partial charge is 0.278 e. The maximum absolute atomic E-state index is 13.6. The van der Waals surface area contributed by atoms with Crippen LogP contribution in [0, 0.1) is 25.5 Å². The van der Waals surface area contributed by atoms with Crippen LogP contribution in [0.5, 0.6) is 0 Å². The fraction of sp³-hybridized carbons (Fsp3) is 0.158. The number of aryl methyl sites for hydroxylation is 1. The summed E-state index contributed by atoms with van der Waals surface area (Å²) in [4.78, 5) is 24.6. The van der Waals surface area contributed by atoms with Crippen molar-refractivity contribution in [3.05, 3.63) is 70.0 Å². The first-order chi connectivity index (χ1) is 13.7. The maximum atomic E-state index is 13.6. The Kier molecular flexibility index (Phi) is 5.88. The van der Waals surface area contributed by atoms with Crippen LogP contribution in [-0.2, 0) is 11.3 Å². The highest BCUT2D eigenvalue weighted by atomic mass is 35.5. The first kappa shape index (κ1) is 20.4. The highest BCUT2D eigenvalue weighted by Gasteiger charge is 2.19. The molecule has 3 rings (SSSR count). The molecule has 150 valence electrons. The summed E-state index contributed by atoms with van der Waals surface area (Å²) < 4.78 is 28.0. The van der Waals surface area contributed by atoms with Crippen molar-refractivity contribution in [2.45, 2.75) is 20.4 Å². The molecule has 0 radical (unpaired) electrons. The van der Waals surface area contributed by atoms with E-state index >= 15 is 0 Å². The predicted octanol–water partition coefficient (Wildman–Crippen LogP) is 3.72. The molecule has 2 aromatic carbocycles. The monoisotopic (exact) mass is 419 g/mol. The van der Waals surface area contributed by atoms with E-state index in [0.717, 1.165) is 23.8 Å². The number of rotatable bonds is 5. The van der Waals surface area contributed by atoms with Gasteiger partial charge < -0.3 is 10.6 Å². The second kappa shape index (κ2) is 8.36. The van der Waals surface area contributed by atoms with Crippen LogP contribution in [0.1, 0.15) is 21.7 Å². The lowest BCUT2D eigenvalue weighted by Crippen LogP contribution is -2.21. The van der Waals surface area contributed by atoms with Crippen molar-refractivity contribution < 1.29 is 18.4 Å². The van der Waals surface area contributed by atoms with Gasteiger partial charge in [0.05, 0.1) is 22.1 Å². The maximum Gasteiger partial charge on any atom is 0.278 e. The van der Waals surface area contributed by atoms with E-state index in [4.69, 9.17) is 11.6 Å². The molecule has 0 saturated heterocycles. The number of anilines is 2. The topological polar surface area (TPSA) is 88.9 Å². The molecule has 0 spiro atoms. The van der Waals surface area contributed by atoms with Crippen molar-refractivity contribution in [1.82, 2.24) is 15.0 Å². The predicted molar refractivity (Wildman–Crippen MR) is 104 cm³/mol. The Labute approximate surface area is 169 Å². The highest BCUT2D eigenvalue weighted by molar-refractivity contribution is 6.34. The molecule has 7 nitrogen and oxygen atoms in total. The summed E-state index contributed by atoms with van der Waals surface area (Å²) in [5.41, 5.74) is 1.39. The Morgan fingerprint density at radius 2 is 1.83 bits per heavy atom. The van der Waals surface area contributed by atoms with E-state index in [9.17, 15) is 18.4 Å². The molecule has 0 unspecified atom stereocenters. The van der Waals surface area contributed by atoms with E-state index in [2.05, 4.69) is 20.9 Å². The normalized spacial score (nSPS) is 10.7. The average Bonchev–Trinajstić information content (AvgIpc) is 3.01. The third-order valence-corrected chi connectivity index (χ3v) is 4.38. The van der Waals surface area contributed by atoms with E-state index in [1.165, 1.54) is 4.68 Å². The first-order valence-corrected chi connectivity index (χ1v) is 8.85. The second-order valence-electron chi connectivity index (χ2n) is 6.29. The number of benzene rings is 2. The van der Waals surface area contributed by atoms with E-state index in [0.29, 0.717) is 16.4 Å². The Bertz CT molecular complexity index is 1100. The van der Waals surface area contributed by atoms with Crippen LogP contribution in [0.4, 0.5) is 20.2 Å². The van der Waals surface area contributed by atoms with Crippen LogP contribution in [-0.4, -0.2) is 26.8 Å². The largest absolute Gasteiger partial charge is 0.322 e. The molecule has 0 saturated carbocycles. The number of carbonyl (C=O) groups is 2. The van der Waals surface area contributed by atoms with Crippen LogP contribution in [0.3, 0.4) is 0 Å². The zero-order chi connectivity index (χ0) is 21.1. The van der Waals surface area contributed by atoms with Gasteiger partial charge in [-0.05, 0) is 43.7 Å². The molecule has 2 amide bonds. The summed E-state index contributed by atoms with van der Waals surface area (Å²) in [7, 11) is 0. The van der Waals surface area contributed by atoms with Gasteiger partial charge in [0, 0.05) is 6.07 Å². The molecule has 0 fully saturated rings. The lowest BCUT2D eigenvalue weighted by Gasteiger charge is -2.08. The van der Waals surface area contributed by atoms with Crippen LogP contribution < -0.4 is 10.6 Å². The molecular formula is C19H16ClF2N5O2. The molecule has 0 aliphatic heterocycles. The van der Waals surface area contributed by atoms with Gasteiger partial charge in [-0.2, -0.15) is 0 Å². The number of nitrogens with one attached hydrogen (secondary N) is 2.